The van der Waals surface area contributed by atoms with Gasteiger partial charge in [-0.1, -0.05) is 0 Å². The molecule has 0 radical (unpaired) electrons. The fourth-order valence-corrected chi connectivity index (χ4v) is 4.06. The van der Waals surface area contributed by atoms with Crippen molar-refractivity contribution in [2.75, 3.05) is 11.9 Å². The van der Waals surface area contributed by atoms with Crippen LogP contribution in [0.2, 0.25) is 0 Å². The molecular weight excluding hydrogens is 424 g/mol. The van der Waals surface area contributed by atoms with Crippen LogP contribution in [0.4, 0.5) is 5.69 Å². The van der Waals surface area contributed by atoms with Crippen LogP contribution in [0.5, 0.6) is 0 Å². The van der Waals surface area contributed by atoms with Gasteiger partial charge in [-0.25, -0.2) is 4.98 Å². The molecule has 1 amide bonds. The molecule has 11 heteroatoms. The number of aromatic amines is 1. The molecule has 2 N–H and O–H groups in total. The molecule has 0 unspecified atom stereocenters. The summed E-state index contributed by atoms with van der Waals surface area (Å²) in [7, 11) is 0. The lowest BCUT2D eigenvalue weighted by molar-refractivity contribution is 0.0260. The number of carbonyl (C=O) groups excluding carboxylic acids is 1. The van der Waals surface area contributed by atoms with Gasteiger partial charge in [0.25, 0.3) is 5.91 Å². The van der Waals surface area contributed by atoms with Gasteiger partial charge in [-0.05, 0) is 32.6 Å². The Hall–Kier alpha value is -3.86. The first-order valence-electron chi connectivity index (χ1n) is 10.9. The normalized spacial score (nSPS) is 18.3. The molecule has 11 nitrogen and oxygen atoms in total. The largest absolute Gasteiger partial charge is 0.444 e. The number of nitrogens with zero attached hydrogens (tertiary/aromatic N) is 6. The molecular formula is C22H24N8O3. The van der Waals surface area contributed by atoms with Crippen LogP contribution in [-0.2, 0) is 4.74 Å². The summed E-state index contributed by atoms with van der Waals surface area (Å²) >= 11 is 0. The zero-order valence-corrected chi connectivity index (χ0v) is 18.1. The number of hydrogen-bond acceptors (Lipinski definition) is 8. The van der Waals surface area contributed by atoms with Crippen LogP contribution in [0.25, 0.3) is 22.8 Å². The van der Waals surface area contributed by atoms with Gasteiger partial charge < -0.3 is 14.5 Å². The van der Waals surface area contributed by atoms with Crippen molar-refractivity contribution in [1.82, 2.24) is 34.9 Å². The fourth-order valence-electron chi connectivity index (χ4n) is 4.06. The van der Waals surface area contributed by atoms with Crippen molar-refractivity contribution < 1.29 is 13.9 Å². The summed E-state index contributed by atoms with van der Waals surface area (Å²) in [4.78, 5) is 25.7. The van der Waals surface area contributed by atoms with E-state index in [4.69, 9.17) is 14.3 Å². The molecule has 0 bridgehead atoms. The molecule has 33 heavy (non-hydrogen) atoms. The summed E-state index contributed by atoms with van der Waals surface area (Å²) in [5.74, 6) is -0.0944. The minimum atomic E-state index is -0.404. The van der Waals surface area contributed by atoms with E-state index in [2.05, 4.69) is 30.5 Å². The van der Waals surface area contributed by atoms with Gasteiger partial charge in [-0.15, -0.1) is 0 Å². The second kappa shape index (κ2) is 9.33. The maximum Gasteiger partial charge on any atom is 0.277 e. The second-order valence-corrected chi connectivity index (χ2v) is 7.83. The van der Waals surface area contributed by atoms with Gasteiger partial charge in [0, 0.05) is 31.4 Å². The number of aromatic nitrogens is 7. The Bertz CT molecular complexity index is 1190. The summed E-state index contributed by atoms with van der Waals surface area (Å²) in [5, 5.41) is 14.2. The Balaban J connectivity index is 1.38. The number of carbonyl (C=O) groups is 1. The molecule has 170 valence electrons. The van der Waals surface area contributed by atoms with Gasteiger partial charge in [0.15, 0.2) is 5.69 Å². The summed E-state index contributed by atoms with van der Waals surface area (Å²) in [6.45, 7) is 2.75. The lowest BCUT2D eigenvalue weighted by Gasteiger charge is -2.28. The number of hydrogen-bond donors (Lipinski definition) is 2. The van der Waals surface area contributed by atoms with E-state index >= 15 is 0 Å². The predicted octanol–water partition coefficient (Wildman–Crippen LogP) is 3.49. The zero-order chi connectivity index (χ0) is 22.6. The van der Waals surface area contributed by atoms with Crippen molar-refractivity contribution in [3.05, 3.63) is 49.1 Å². The van der Waals surface area contributed by atoms with Gasteiger partial charge >= 0.3 is 0 Å². The number of oxazole rings is 1. The standard InChI is InChI=1S/C22H24N8O3/c1-2-32-16-5-3-15(4-6-16)30-12-18(20(29-30)17-11-23-7-8-24-17)27-21(31)19-13-33-22(28-19)14-9-25-26-10-14/h7-13,15-16H,2-6H2,1H3,(H,25,26)(H,27,31)/t15-,16-. The Morgan fingerprint density at radius 2 is 2.15 bits per heavy atom. The first-order chi connectivity index (χ1) is 16.2. The van der Waals surface area contributed by atoms with Crippen LogP contribution >= 0.6 is 0 Å². The molecule has 1 fully saturated rings. The first-order valence-corrected chi connectivity index (χ1v) is 10.9. The molecule has 1 aliphatic rings. The number of rotatable bonds is 7. The van der Waals surface area contributed by atoms with Crippen molar-refractivity contribution >= 4 is 11.6 Å². The number of H-pyrrole nitrogens is 1. The second-order valence-electron chi connectivity index (χ2n) is 7.83. The lowest BCUT2D eigenvalue weighted by atomic mass is 9.93. The molecule has 1 aliphatic carbocycles. The highest BCUT2D eigenvalue weighted by Gasteiger charge is 2.26. The third-order valence-corrected chi connectivity index (χ3v) is 5.69. The molecule has 4 aromatic heterocycles. The third-order valence-electron chi connectivity index (χ3n) is 5.69. The summed E-state index contributed by atoms with van der Waals surface area (Å²) in [6.07, 6.45) is 15.4. The van der Waals surface area contributed by atoms with Crippen LogP contribution in [0.15, 0.2) is 47.9 Å². The molecule has 5 rings (SSSR count). The van der Waals surface area contributed by atoms with E-state index in [1.165, 1.54) is 6.26 Å². The molecule has 0 aliphatic heterocycles. The molecule has 4 heterocycles. The maximum absolute atomic E-state index is 12.9. The highest BCUT2D eigenvalue weighted by Crippen LogP contribution is 2.33. The van der Waals surface area contributed by atoms with E-state index in [1.807, 2.05) is 17.8 Å². The van der Waals surface area contributed by atoms with E-state index in [0.29, 0.717) is 34.6 Å². The van der Waals surface area contributed by atoms with E-state index in [9.17, 15) is 4.79 Å². The molecule has 1 saturated carbocycles. The Morgan fingerprint density at radius 1 is 1.27 bits per heavy atom. The van der Waals surface area contributed by atoms with E-state index in [0.717, 1.165) is 32.3 Å². The highest BCUT2D eigenvalue weighted by atomic mass is 16.5. The summed E-state index contributed by atoms with van der Waals surface area (Å²) < 4.78 is 13.1. The van der Waals surface area contributed by atoms with Crippen LogP contribution in [0.3, 0.4) is 0 Å². The topological polar surface area (TPSA) is 137 Å². The molecule has 0 saturated heterocycles. The van der Waals surface area contributed by atoms with Gasteiger partial charge in [0.05, 0.1) is 35.8 Å². The minimum Gasteiger partial charge on any atom is -0.444 e. The van der Waals surface area contributed by atoms with Crippen LogP contribution < -0.4 is 5.32 Å². The highest BCUT2D eigenvalue weighted by molar-refractivity contribution is 6.04. The number of amides is 1. The molecule has 0 atom stereocenters. The number of nitrogens with one attached hydrogen (secondary N) is 2. The number of ether oxygens (including phenoxy) is 1. The Labute approximate surface area is 189 Å². The summed E-state index contributed by atoms with van der Waals surface area (Å²) in [6, 6.07) is 0.225. The van der Waals surface area contributed by atoms with Crippen molar-refractivity contribution in [2.24, 2.45) is 0 Å². The van der Waals surface area contributed by atoms with Gasteiger partial charge in [-0.3, -0.25) is 24.5 Å². The lowest BCUT2D eigenvalue weighted by Crippen LogP contribution is -2.24. The SMILES string of the molecule is CCO[C@H]1CC[C@H](n2cc(NC(=O)c3coc(-c4cn[nH]c4)n3)c(-c3cnccn3)n2)CC1. The third kappa shape index (κ3) is 4.53. The predicted molar refractivity (Wildman–Crippen MR) is 118 cm³/mol. The average molecular weight is 448 g/mol. The Morgan fingerprint density at radius 3 is 2.88 bits per heavy atom. The van der Waals surface area contributed by atoms with Crippen molar-refractivity contribution in [3.8, 4) is 22.8 Å². The first kappa shape index (κ1) is 21.0. The van der Waals surface area contributed by atoms with Gasteiger partial charge in [0.1, 0.15) is 17.7 Å². The molecule has 0 spiro atoms. The molecule has 0 aromatic carbocycles. The van der Waals surface area contributed by atoms with E-state index in [1.54, 1.807) is 31.0 Å². The monoisotopic (exact) mass is 448 g/mol. The van der Waals surface area contributed by atoms with Crippen molar-refractivity contribution in [3.63, 3.8) is 0 Å². The van der Waals surface area contributed by atoms with E-state index in [-0.39, 0.29) is 11.7 Å². The van der Waals surface area contributed by atoms with Crippen LogP contribution in [0, 0.1) is 0 Å². The van der Waals surface area contributed by atoms with Crippen molar-refractivity contribution in [2.45, 2.75) is 44.8 Å². The molecule has 4 aromatic rings. The van der Waals surface area contributed by atoms with Crippen LogP contribution in [0.1, 0.15) is 49.1 Å². The van der Waals surface area contributed by atoms with Gasteiger partial charge in [0.2, 0.25) is 5.89 Å². The van der Waals surface area contributed by atoms with Crippen molar-refractivity contribution in [1.29, 1.82) is 0 Å². The smallest absolute Gasteiger partial charge is 0.277 e. The zero-order valence-electron chi connectivity index (χ0n) is 18.1. The van der Waals surface area contributed by atoms with E-state index < -0.39 is 5.91 Å². The maximum atomic E-state index is 12.9. The fraction of sp³-hybridized carbons (Fsp3) is 0.364. The van der Waals surface area contributed by atoms with Gasteiger partial charge in [-0.2, -0.15) is 10.2 Å². The van der Waals surface area contributed by atoms with Crippen LogP contribution in [-0.4, -0.2) is 53.5 Å². The summed E-state index contributed by atoms with van der Waals surface area (Å²) in [5.41, 5.74) is 2.49. The quantitative estimate of drug-likeness (QED) is 0.438. The average Bonchev–Trinajstić information content (AvgIpc) is 3.61. The number of anilines is 1. The minimum absolute atomic E-state index is 0.154. The Kier molecular flexibility index (Phi) is 5.94.